The second-order valence-electron chi connectivity index (χ2n) is 3.31. The fourth-order valence-corrected chi connectivity index (χ4v) is 0.885. The molecule has 0 aromatic heterocycles. The van der Waals surface area contributed by atoms with E-state index in [4.69, 9.17) is 5.11 Å². The van der Waals surface area contributed by atoms with Crippen molar-refractivity contribution in [1.29, 1.82) is 0 Å². The third-order valence-electron chi connectivity index (χ3n) is 1.53. The standard InChI is InChI=1S/C9H11F3O4/c1-5(2)8(9(10,11)12)16-7(15)4-3-6(13)14/h3-5,8H,1-2H3,(H,13,14). The van der Waals surface area contributed by atoms with Crippen molar-refractivity contribution >= 4 is 11.9 Å². The van der Waals surface area contributed by atoms with Crippen LogP contribution in [0, 0.1) is 5.92 Å². The SMILES string of the molecule is CC(C)C(OC(=O)C=CC(=O)O)C(F)(F)F. The second kappa shape index (κ2) is 5.53. The zero-order valence-electron chi connectivity index (χ0n) is 8.62. The zero-order valence-corrected chi connectivity index (χ0v) is 8.62. The molecule has 1 unspecified atom stereocenters. The Labute approximate surface area is 89.7 Å². The van der Waals surface area contributed by atoms with Crippen LogP contribution in [0.15, 0.2) is 12.2 Å². The number of aliphatic carboxylic acids is 1. The predicted molar refractivity (Wildman–Crippen MR) is 47.5 cm³/mol. The van der Waals surface area contributed by atoms with Gasteiger partial charge in [0.25, 0.3) is 0 Å². The van der Waals surface area contributed by atoms with Gasteiger partial charge in [-0.15, -0.1) is 0 Å². The van der Waals surface area contributed by atoms with E-state index in [1.54, 1.807) is 0 Å². The van der Waals surface area contributed by atoms with Crippen molar-refractivity contribution in [3.05, 3.63) is 12.2 Å². The molecule has 92 valence electrons. The highest BCUT2D eigenvalue weighted by atomic mass is 19.4. The van der Waals surface area contributed by atoms with Crippen LogP contribution in [0.25, 0.3) is 0 Å². The molecule has 1 atom stereocenters. The maximum atomic E-state index is 12.3. The Balaban J connectivity index is 4.54. The van der Waals surface area contributed by atoms with Gasteiger partial charge in [0.1, 0.15) is 0 Å². The number of carboxylic acids is 1. The molecule has 0 bridgehead atoms. The van der Waals surface area contributed by atoms with Crippen LogP contribution in [0.2, 0.25) is 0 Å². The van der Waals surface area contributed by atoms with Gasteiger partial charge in [0, 0.05) is 12.2 Å². The number of hydrogen-bond donors (Lipinski definition) is 1. The average molecular weight is 240 g/mol. The van der Waals surface area contributed by atoms with Gasteiger partial charge in [-0.2, -0.15) is 13.2 Å². The number of halogens is 3. The lowest BCUT2D eigenvalue weighted by molar-refractivity contribution is -0.228. The van der Waals surface area contributed by atoms with Crippen molar-refractivity contribution in [2.75, 3.05) is 0 Å². The molecule has 1 N–H and O–H groups in total. The molecule has 0 aromatic carbocycles. The van der Waals surface area contributed by atoms with E-state index in [2.05, 4.69) is 4.74 Å². The van der Waals surface area contributed by atoms with E-state index in [0.717, 1.165) is 0 Å². The first-order valence-corrected chi connectivity index (χ1v) is 4.33. The van der Waals surface area contributed by atoms with Gasteiger partial charge in [-0.05, 0) is 5.92 Å². The van der Waals surface area contributed by atoms with Crippen molar-refractivity contribution < 1.29 is 32.6 Å². The molecule has 0 fully saturated rings. The third-order valence-corrected chi connectivity index (χ3v) is 1.53. The molecule has 0 aliphatic carbocycles. The Morgan fingerprint density at radius 1 is 1.25 bits per heavy atom. The molecular formula is C9H11F3O4. The fourth-order valence-electron chi connectivity index (χ4n) is 0.885. The number of rotatable bonds is 4. The van der Waals surface area contributed by atoms with E-state index in [1.165, 1.54) is 13.8 Å². The molecule has 0 rings (SSSR count). The molecule has 7 heteroatoms. The van der Waals surface area contributed by atoms with Crippen molar-refractivity contribution in [2.45, 2.75) is 26.1 Å². The third kappa shape index (κ3) is 5.38. The molecule has 0 saturated heterocycles. The van der Waals surface area contributed by atoms with Crippen LogP contribution in [0.5, 0.6) is 0 Å². The molecule has 0 heterocycles. The Bertz CT molecular complexity index is 294. The smallest absolute Gasteiger partial charge is 0.425 e. The van der Waals surface area contributed by atoms with E-state index in [0.29, 0.717) is 12.2 Å². The van der Waals surface area contributed by atoms with Crippen LogP contribution >= 0.6 is 0 Å². The summed E-state index contributed by atoms with van der Waals surface area (Å²) in [5, 5.41) is 8.15. The van der Waals surface area contributed by atoms with Crippen LogP contribution in [-0.4, -0.2) is 29.3 Å². The number of esters is 1. The van der Waals surface area contributed by atoms with Crippen molar-refractivity contribution in [2.24, 2.45) is 5.92 Å². The van der Waals surface area contributed by atoms with Gasteiger partial charge < -0.3 is 9.84 Å². The van der Waals surface area contributed by atoms with Gasteiger partial charge in [0.2, 0.25) is 0 Å². The second-order valence-corrected chi connectivity index (χ2v) is 3.31. The number of carboxylic acid groups (broad SMARTS) is 1. The largest absolute Gasteiger partial charge is 0.478 e. The van der Waals surface area contributed by atoms with Crippen LogP contribution < -0.4 is 0 Å². The van der Waals surface area contributed by atoms with Gasteiger partial charge in [-0.25, -0.2) is 9.59 Å². The monoisotopic (exact) mass is 240 g/mol. The summed E-state index contributed by atoms with van der Waals surface area (Å²) in [6.45, 7) is 2.48. The molecule has 4 nitrogen and oxygen atoms in total. The highest BCUT2D eigenvalue weighted by Crippen LogP contribution is 2.28. The van der Waals surface area contributed by atoms with E-state index < -0.39 is 30.1 Å². The van der Waals surface area contributed by atoms with Crippen LogP contribution in [0.1, 0.15) is 13.8 Å². The Kier molecular flexibility index (Phi) is 5.00. The molecule has 16 heavy (non-hydrogen) atoms. The maximum Gasteiger partial charge on any atom is 0.425 e. The van der Waals surface area contributed by atoms with E-state index >= 15 is 0 Å². The minimum absolute atomic E-state index is 0.413. The van der Waals surface area contributed by atoms with E-state index in [-0.39, 0.29) is 0 Å². The van der Waals surface area contributed by atoms with Gasteiger partial charge >= 0.3 is 18.1 Å². The number of carbonyl (C=O) groups is 2. The summed E-state index contributed by atoms with van der Waals surface area (Å²) in [5.41, 5.74) is 0. The molecule has 0 aliphatic heterocycles. The van der Waals surface area contributed by atoms with Gasteiger partial charge in [-0.1, -0.05) is 13.8 Å². The first kappa shape index (κ1) is 14.5. The Hall–Kier alpha value is -1.53. The molecule has 0 aromatic rings. The van der Waals surface area contributed by atoms with E-state index in [1.807, 2.05) is 0 Å². The quantitative estimate of drug-likeness (QED) is 0.600. The summed E-state index contributed by atoms with van der Waals surface area (Å²) >= 11 is 0. The molecule has 0 spiro atoms. The lowest BCUT2D eigenvalue weighted by Crippen LogP contribution is -2.37. The highest BCUT2D eigenvalue weighted by Gasteiger charge is 2.44. The van der Waals surface area contributed by atoms with Gasteiger partial charge in [0.05, 0.1) is 0 Å². The summed E-state index contributed by atoms with van der Waals surface area (Å²) < 4.78 is 41.0. The van der Waals surface area contributed by atoms with Gasteiger partial charge in [0.15, 0.2) is 6.10 Å². The molecular weight excluding hydrogens is 229 g/mol. The molecule has 0 aliphatic rings. The van der Waals surface area contributed by atoms with Crippen molar-refractivity contribution in [3.8, 4) is 0 Å². The molecule has 0 saturated carbocycles. The molecule has 0 amide bonds. The number of carbonyl (C=O) groups excluding carboxylic acids is 1. The predicted octanol–water partition coefficient (Wildman–Crippen LogP) is 1.76. The van der Waals surface area contributed by atoms with Crippen LogP contribution in [0.4, 0.5) is 13.2 Å². The van der Waals surface area contributed by atoms with Crippen molar-refractivity contribution in [1.82, 2.24) is 0 Å². The molecule has 0 radical (unpaired) electrons. The summed E-state index contributed by atoms with van der Waals surface area (Å²) in [6.07, 6.45) is -6.06. The fraction of sp³-hybridized carbons (Fsp3) is 0.556. The zero-order chi connectivity index (χ0) is 12.9. The van der Waals surface area contributed by atoms with Gasteiger partial charge in [-0.3, -0.25) is 0 Å². The topological polar surface area (TPSA) is 63.6 Å². The van der Waals surface area contributed by atoms with Crippen LogP contribution in [0.3, 0.4) is 0 Å². The maximum absolute atomic E-state index is 12.3. The van der Waals surface area contributed by atoms with Crippen LogP contribution in [-0.2, 0) is 14.3 Å². The summed E-state index contributed by atoms with van der Waals surface area (Å²) in [6, 6.07) is 0. The summed E-state index contributed by atoms with van der Waals surface area (Å²) in [5.74, 6) is -3.72. The Morgan fingerprint density at radius 2 is 1.75 bits per heavy atom. The first-order valence-electron chi connectivity index (χ1n) is 4.33. The lowest BCUT2D eigenvalue weighted by atomic mass is 10.1. The number of alkyl halides is 3. The normalized spacial score (nSPS) is 14.1. The summed E-state index contributed by atoms with van der Waals surface area (Å²) in [7, 11) is 0. The highest BCUT2D eigenvalue weighted by molar-refractivity contribution is 5.90. The minimum atomic E-state index is -4.67. The first-order chi connectivity index (χ1) is 7.14. The number of ether oxygens (including phenoxy) is 1. The summed E-state index contributed by atoms with van der Waals surface area (Å²) in [4.78, 5) is 20.8. The van der Waals surface area contributed by atoms with E-state index in [9.17, 15) is 22.8 Å². The lowest BCUT2D eigenvalue weighted by Gasteiger charge is -2.22. The average Bonchev–Trinajstić information content (AvgIpc) is 2.08. The van der Waals surface area contributed by atoms with Crippen molar-refractivity contribution in [3.63, 3.8) is 0 Å². The number of hydrogen-bond acceptors (Lipinski definition) is 3. The Morgan fingerprint density at radius 3 is 2.06 bits per heavy atom. The minimum Gasteiger partial charge on any atom is -0.478 e.